The number of fused-ring (bicyclic) bond motifs is 2. The highest BCUT2D eigenvalue weighted by molar-refractivity contribution is 6.06. The van der Waals surface area contributed by atoms with Crippen molar-refractivity contribution in [3.8, 4) is 5.88 Å². The number of carbonyl (C=O) groups excluding carboxylic acids is 1. The Bertz CT molecular complexity index is 1050. The predicted octanol–water partition coefficient (Wildman–Crippen LogP) is 4.66. The number of nitrogens with one attached hydrogen (secondary N) is 3. The Kier molecular flexibility index (Phi) is 7.62. The third kappa shape index (κ3) is 5.15. The summed E-state index contributed by atoms with van der Waals surface area (Å²) in [6.07, 6.45) is 8.77. The fourth-order valence-corrected chi connectivity index (χ4v) is 6.08. The number of hydrogen-bond acceptors (Lipinski definition) is 7. The van der Waals surface area contributed by atoms with Crippen LogP contribution in [0.1, 0.15) is 63.4 Å². The fraction of sp³-hybridized carbons (Fsp3) is 0.571. The van der Waals surface area contributed by atoms with Gasteiger partial charge in [0.05, 0.1) is 18.6 Å². The lowest BCUT2D eigenvalue weighted by atomic mass is 9.75. The van der Waals surface area contributed by atoms with Crippen LogP contribution in [0.5, 0.6) is 5.88 Å². The lowest BCUT2D eigenvalue weighted by molar-refractivity contribution is -0.124. The van der Waals surface area contributed by atoms with Crippen LogP contribution in [0.15, 0.2) is 36.4 Å². The summed E-state index contributed by atoms with van der Waals surface area (Å²) < 4.78 is 10.8. The van der Waals surface area contributed by atoms with Gasteiger partial charge in [0.15, 0.2) is 0 Å². The van der Waals surface area contributed by atoms with Gasteiger partial charge < -0.3 is 30.5 Å². The molecule has 2 atom stereocenters. The second kappa shape index (κ2) is 11.0. The van der Waals surface area contributed by atoms with E-state index >= 15 is 0 Å². The minimum Gasteiger partial charge on any atom is -0.481 e. The molecule has 36 heavy (non-hydrogen) atoms. The number of amides is 1. The van der Waals surface area contributed by atoms with Crippen LogP contribution in [0.25, 0.3) is 0 Å². The average Bonchev–Trinajstić information content (AvgIpc) is 3.13. The van der Waals surface area contributed by atoms with Gasteiger partial charge in [0.1, 0.15) is 12.0 Å². The molecule has 0 radical (unpaired) electrons. The molecule has 1 amide bonds. The highest BCUT2D eigenvalue weighted by Crippen LogP contribution is 2.45. The lowest BCUT2D eigenvalue weighted by Gasteiger charge is -2.34. The van der Waals surface area contributed by atoms with Crippen molar-refractivity contribution in [1.29, 1.82) is 0 Å². The zero-order valence-electron chi connectivity index (χ0n) is 21.1. The summed E-state index contributed by atoms with van der Waals surface area (Å²) in [6, 6.07) is 11.3. The van der Waals surface area contributed by atoms with E-state index < -0.39 is 11.6 Å². The third-order valence-electron chi connectivity index (χ3n) is 8.12. The van der Waals surface area contributed by atoms with Gasteiger partial charge in [-0.05, 0) is 55.4 Å². The molecule has 3 heterocycles. The number of benzene rings is 1. The first-order valence-corrected chi connectivity index (χ1v) is 13.3. The molecule has 2 fully saturated rings. The maximum absolute atomic E-state index is 12.9. The Morgan fingerprint density at radius 2 is 1.83 bits per heavy atom. The summed E-state index contributed by atoms with van der Waals surface area (Å²) in [5.41, 5.74) is 2.14. The van der Waals surface area contributed by atoms with Crippen LogP contribution >= 0.6 is 0 Å². The topological polar surface area (TPSA) is 105 Å². The molecule has 3 aliphatic rings. The molecule has 1 aromatic heterocycles. The normalized spacial score (nSPS) is 21.6. The molecule has 1 aromatic carbocycles. The molecule has 1 saturated heterocycles. The average molecular weight is 495 g/mol. The predicted molar refractivity (Wildman–Crippen MR) is 140 cm³/mol. The second-order valence-corrected chi connectivity index (χ2v) is 10.3. The zero-order valence-corrected chi connectivity index (χ0v) is 21.1. The molecule has 2 aromatic rings. The number of carbonyl (C=O) groups is 1. The molecule has 2 unspecified atom stereocenters. The summed E-state index contributed by atoms with van der Waals surface area (Å²) >= 11 is 0. The largest absolute Gasteiger partial charge is 0.481 e. The van der Waals surface area contributed by atoms with E-state index in [1.165, 1.54) is 19.3 Å². The summed E-state index contributed by atoms with van der Waals surface area (Å²) in [5, 5.41) is 21.4. The van der Waals surface area contributed by atoms with Gasteiger partial charge in [0, 0.05) is 30.7 Å². The second-order valence-electron chi connectivity index (χ2n) is 10.3. The Labute approximate surface area is 213 Å². The van der Waals surface area contributed by atoms with E-state index in [4.69, 9.17) is 9.47 Å². The number of rotatable bonds is 7. The Hall–Kier alpha value is -2.84. The molecule has 5 rings (SSSR count). The van der Waals surface area contributed by atoms with Crippen LogP contribution in [0.2, 0.25) is 0 Å². The van der Waals surface area contributed by atoms with E-state index in [0.29, 0.717) is 43.7 Å². The highest BCUT2D eigenvalue weighted by Gasteiger charge is 2.47. The summed E-state index contributed by atoms with van der Waals surface area (Å²) in [6.45, 7) is 1.19. The standard InChI is InChI=1S/C28H38N4O4/c1-35-24-11-7-10-23(31-24)32-25(19-8-5-3-2-4-6-9-19)26(33)29-20-12-13-21-22(18-20)30-27(34)28(21)14-16-36-17-15-28/h7,10-13,18-19,25-26,29,33H,2-6,8-9,14-17H2,1H3,(H,30,34)(H,31,32). The van der Waals surface area contributed by atoms with Crippen molar-refractivity contribution in [3.63, 3.8) is 0 Å². The maximum atomic E-state index is 12.9. The number of aliphatic hydroxyl groups is 1. The van der Waals surface area contributed by atoms with Gasteiger partial charge in [0.25, 0.3) is 0 Å². The first-order valence-electron chi connectivity index (χ1n) is 13.3. The van der Waals surface area contributed by atoms with E-state index in [1.54, 1.807) is 7.11 Å². The summed E-state index contributed by atoms with van der Waals surface area (Å²) in [4.78, 5) is 17.4. The minimum absolute atomic E-state index is 0.0525. The highest BCUT2D eigenvalue weighted by atomic mass is 16.5. The van der Waals surface area contributed by atoms with E-state index in [1.807, 2.05) is 36.4 Å². The van der Waals surface area contributed by atoms with Crippen molar-refractivity contribution >= 4 is 23.1 Å². The number of anilines is 3. The Morgan fingerprint density at radius 1 is 1.08 bits per heavy atom. The lowest BCUT2D eigenvalue weighted by Crippen LogP contribution is -2.45. The van der Waals surface area contributed by atoms with Crippen molar-refractivity contribution in [2.24, 2.45) is 5.92 Å². The van der Waals surface area contributed by atoms with Crippen LogP contribution in [-0.4, -0.2) is 48.6 Å². The number of ether oxygens (including phenoxy) is 2. The van der Waals surface area contributed by atoms with Gasteiger partial charge in [-0.3, -0.25) is 4.79 Å². The van der Waals surface area contributed by atoms with Crippen LogP contribution in [0, 0.1) is 5.92 Å². The number of methoxy groups -OCH3 is 1. The molecular weight excluding hydrogens is 456 g/mol. The van der Waals surface area contributed by atoms with Gasteiger partial charge in [-0.1, -0.05) is 44.2 Å². The Morgan fingerprint density at radius 3 is 2.58 bits per heavy atom. The first kappa shape index (κ1) is 24.8. The fourth-order valence-electron chi connectivity index (χ4n) is 6.08. The quantitative estimate of drug-likeness (QED) is 0.415. The van der Waals surface area contributed by atoms with Gasteiger partial charge in [-0.15, -0.1) is 0 Å². The number of hydrogen-bond donors (Lipinski definition) is 4. The monoisotopic (exact) mass is 494 g/mol. The molecule has 1 aliphatic carbocycles. The van der Waals surface area contributed by atoms with Gasteiger partial charge in [0.2, 0.25) is 11.8 Å². The third-order valence-corrected chi connectivity index (χ3v) is 8.12. The molecule has 2 aliphatic heterocycles. The van der Waals surface area contributed by atoms with Crippen LogP contribution in [-0.2, 0) is 14.9 Å². The summed E-state index contributed by atoms with van der Waals surface area (Å²) in [5.74, 6) is 1.58. The van der Waals surface area contributed by atoms with Gasteiger partial charge in [-0.2, -0.15) is 4.98 Å². The molecule has 1 spiro atoms. The molecule has 0 bridgehead atoms. The van der Waals surface area contributed by atoms with Gasteiger partial charge >= 0.3 is 0 Å². The van der Waals surface area contributed by atoms with E-state index in [2.05, 4.69) is 20.9 Å². The van der Waals surface area contributed by atoms with E-state index in [0.717, 1.165) is 42.6 Å². The zero-order chi connectivity index (χ0) is 25.0. The van der Waals surface area contributed by atoms with E-state index in [9.17, 15) is 9.90 Å². The van der Waals surface area contributed by atoms with Crippen molar-refractivity contribution in [2.45, 2.75) is 75.5 Å². The maximum Gasteiger partial charge on any atom is 0.235 e. The summed E-state index contributed by atoms with van der Waals surface area (Å²) in [7, 11) is 1.60. The number of aliphatic hydroxyl groups excluding tert-OH is 1. The molecule has 4 N–H and O–H groups in total. The molecule has 8 heteroatoms. The van der Waals surface area contributed by atoms with Crippen LogP contribution < -0.4 is 20.7 Å². The first-order chi connectivity index (χ1) is 17.6. The smallest absolute Gasteiger partial charge is 0.235 e. The van der Waals surface area contributed by atoms with Gasteiger partial charge in [-0.25, -0.2) is 0 Å². The molecule has 194 valence electrons. The van der Waals surface area contributed by atoms with Crippen LogP contribution in [0.4, 0.5) is 17.2 Å². The van der Waals surface area contributed by atoms with Crippen molar-refractivity contribution < 1.29 is 19.4 Å². The Balaban J connectivity index is 1.36. The minimum atomic E-state index is -0.838. The molecule has 8 nitrogen and oxygen atoms in total. The SMILES string of the molecule is COc1cccc(NC(C2CCCCCCC2)C(O)Nc2ccc3c(c2)NC(=O)C32CCOCC2)n1. The van der Waals surface area contributed by atoms with Crippen molar-refractivity contribution in [3.05, 3.63) is 42.0 Å². The number of nitrogens with zero attached hydrogens (tertiary/aromatic N) is 1. The van der Waals surface area contributed by atoms with Crippen molar-refractivity contribution in [2.75, 3.05) is 36.3 Å². The van der Waals surface area contributed by atoms with Crippen molar-refractivity contribution in [1.82, 2.24) is 4.98 Å². The number of pyridine rings is 1. The molecule has 1 saturated carbocycles. The van der Waals surface area contributed by atoms with E-state index in [-0.39, 0.29) is 11.9 Å². The van der Waals surface area contributed by atoms with Crippen LogP contribution in [0.3, 0.4) is 0 Å². The number of aromatic nitrogens is 1. The molecular formula is C28H38N4O4.